The van der Waals surface area contributed by atoms with Gasteiger partial charge in [0.1, 0.15) is 0 Å². The van der Waals surface area contributed by atoms with Gasteiger partial charge in [-0.1, -0.05) is 170 Å². The Bertz CT molecular complexity index is 3360. The van der Waals surface area contributed by atoms with E-state index in [0.29, 0.717) is 0 Å². The van der Waals surface area contributed by atoms with Gasteiger partial charge >= 0.3 is 0 Å². The Kier molecular flexibility index (Phi) is 6.76. The van der Waals surface area contributed by atoms with Crippen molar-refractivity contribution in [3.8, 4) is 39.1 Å². The molecule has 0 fully saturated rings. The van der Waals surface area contributed by atoms with Crippen LogP contribution in [0.3, 0.4) is 0 Å². The van der Waals surface area contributed by atoms with E-state index in [1.165, 1.54) is 110 Å². The Morgan fingerprint density at radius 3 is 1.82 bits per heavy atom. The lowest BCUT2D eigenvalue weighted by Gasteiger charge is -2.22. The van der Waals surface area contributed by atoms with Gasteiger partial charge in [-0.25, -0.2) is 0 Å². The molecule has 0 N–H and O–H groups in total. The second kappa shape index (κ2) is 12.1. The summed E-state index contributed by atoms with van der Waals surface area (Å²) >= 11 is 0. The molecule has 10 aromatic carbocycles. The van der Waals surface area contributed by atoms with Gasteiger partial charge in [0.2, 0.25) is 0 Å². The summed E-state index contributed by atoms with van der Waals surface area (Å²) in [7, 11) is 0. The molecule has 1 nitrogen and oxygen atoms in total. The van der Waals surface area contributed by atoms with Crippen molar-refractivity contribution in [2.45, 2.75) is 5.92 Å². The van der Waals surface area contributed by atoms with Crippen LogP contribution >= 0.6 is 0 Å². The van der Waals surface area contributed by atoms with Crippen molar-refractivity contribution >= 4 is 54.1 Å². The maximum absolute atomic E-state index is 2.47. The molecule has 0 saturated heterocycles. The number of hydrogen-bond donors (Lipinski definition) is 0. The molecular weight excluding hydrogens is 675 g/mol. The second-order valence-corrected chi connectivity index (χ2v) is 15.3. The average Bonchev–Trinajstić information content (AvgIpc) is 3.77. The molecule has 1 atom stereocenters. The van der Waals surface area contributed by atoms with Crippen molar-refractivity contribution in [3.63, 3.8) is 0 Å². The number of nitrogens with zero attached hydrogens (tertiary/aromatic N) is 1. The van der Waals surface area contributed by atoms with Gasteiger partial charge in [0.15, 0.2) is 0 Å². The highest BCUT2D eigenvalue weighted by atomic mass is 15.0. The molecular formula is C55H35N. The molecule has 1 aromatic heterocycles. The van der Waals surface area contributed by atoms with Crippen molar-refractivity contribution in [3.05, 3.63) is 223 Å². The van der Waals surface area contributed by atoms with E-state index in [1.54, 1.807) is 0 Å². The zero-order valence-corrected chi connectivity index (χ0v) is 30.7. The van der Waals surface area contributed by atoms with Gasteiger partial charge in [0.05, 0.1) is 11.0 Å². The molecule has 1 heteroatoms. The van der Waals surface area contributed by atoms with Crippen LogP contribution in [0.2, 0.25) is 0 Å². The maximum Gasteiger partial charge on any atom is 0.0544 e. The Balaban J connectivity index is 1.07. The van der Waals surface area contributed by atoms with Gasteiger partial charge in [-0.2, -0.15) is 0 Å². The molecule has 0 bridgehead atoms. The van der Waals surface area contributed by atoms with Crippen molar-refractivity contribution < 1.29 is 0 Å². The molecule has 1 unspecified atom stereocenters. The summed E-state index contributed by atoms with van der Waals surface area (Å²) in [5.41, 5.74) is 15.2. The lowest BCUT2D eigenvalue weighted by molar-refractivity contribution is 0.979. The topological polar surface area (TPSA) is 4.93 Å². The first-order valence-corrected chi connectivity index (χ1v) is 19.5. The molecule has 0 aliphatic heterocycles. The van der Waals surface area contributed by atoms with Gasteiger partial charge in [-0.15, -0.1) is 0 Å². The largest absolute Gasteiger partial charge is 0.309 e. The molecule has 11 aromatic rings. The van der Waals surface area contributed by atoms with Crippen molar-refractivity contribution in [1.82, 2.24) is 4.57 Å². The molecule has 0 radical (unpaired) electrons. The monoisotopic (exact) mass is 709 g/mol. The summed E-state index contributed by atoms with van der Waals surface area (Å²) in [6, 6.07) is 76.8. The van der Waals surface area contributed by atoms with E-state index in [2.05, 4.69) is 211 Å². The standard InChI is InChI=1S/C55H35N/c1-2-16-43(17-3-1)56-52-22-7-6-19-47(52)48-30-27-42(34-53(48)56)54(41-26-29-46-49-20-9-12-36-13-10-21-50(55(36)49)51(46)33-41)40-15-8-14-37(32-40)38-25-28-45-39(31-38)24-23-35-11-4-5-18-44(35)45/h1-34,54H. The number of hydrogen-bond acceptors (Lipinski definition) is 0. The van der Waals surface area contributed by atoms with Gasteiger partial charge in [0.25, 0.3) is 0 Å². The number of fused-ring (bicyclic) bond motifs is 9. The fourth-order valence-electron chi connectivity index (χ4n) is 9.68. The van der Waals surface area contributed by atoms with Crippen molar-refractivity contribution in [2.24, 2.45) is 0 Å². The second-order valence-electron chi connectivity index (χ2n) is 15.3. The first kappa shape index (κ1) is 31.2. The molecule has 260 valence electrons. The van der Waals surface area contributed by atoms with Crippen LogP contribution < -0.4 is 0 Å². The van der Waals surface area contributed by atoms with Gasteiger partial charge in [-0.3, -0.25) is 0 Å². The third kappa shape index (κ3) is 4.68. The lowest BCUT2D eigenvalue weighted by Crippen LogP contribution is -2.05. The summed E-state index contributed by atoms with van der Waals surface area (Å²) in [4.78, 5) is 0. The third-order valence-corrected chi connectivity index (χ3v) is 12.2. The summed E-state index contributed by atoms with van der Waals surface area (Å²) in [5.74, 6) is -0.000740. The molecule has 56 heavy (non-hydrogen) atoms. The highest BCUT2D eigenvalue weighted by Gasteiger charge is 2.25. The molecule has 0 saturated carbocycles. The van der Waals surface area contributed by atoms with E-state index in [9.17, 15) is 0 Å². The number of rotatable bonds is 5. The number of benzene rings is 10. The lowest BCUT2D eigenvalue weighted by atomic mass is 9.82. The van der Waals surface area contributed by atoms with Crippen LogP contribution in [0.15, 0.2) is 206 Å². The molecule has 0 spiro atoms. The highest BCUT2D eigenvalue weighted by Crippen LogP contribution is 2.49. The molecule has 1 heterocycles. The zero-order chi connectivity index (χ0) is 36.7. The predicted octanol–water partition coefficient (Wildman–Crippen LogP) is 14.7. The van der Waals surface area contributed by atoms with E-state index >= 15 is 0 Å². The Morgan fingerprint density at radius 2 is 0.929 bits per heavy atom. The number of aromatic nitrogens is 1. The van der Waals surface area contributed by atoms with Gasteiger partial charge < -0.3 is 4.57 Å². The quantitative estimate of drug-likeness (QED) is 0.124. The van der Waals surface area contributed by atoms with Gasteiger partial charge in [-0.05, 0) is 119 Å². The van der Waals surface area contributed by atoms with E-state index in [0.717, 1.165) is 0 Å². The minimum Gasteiger partial charge on any atom is -0.309 e. The smallest absolute Gasteiger partial charge is 0.0544 e. The summed E-state index contributed by atoms with van der Waals surface area (Å²) in [6.07, 6.45) is 0. The first-order valence-electron chi connectivity index (χ1n) is 19.5. The fraction of sp³-hybridized carbons (Fsp3) is 0.0182. The van der Waals surface area contributed by atoms with Crippen LogP contribution in [0.5, 0.6) is 0 Å². The van der Waals surface area contributed by atoms with Crippen LogP contribution in [-0.4, -0.2) is 4.57 Å². The summed E-state index contributed by atoms with van der Waals surface area (Å²) in [6.45, 7) is 0. The Morgan fingerprint density at radius 1 is 0.304 bits per heavy atom. The fourth-order valence-corrected chi connectivity index (χ4v) is 9.68. The predicted molar refractivity (Wildman–Crippen MR) is 237 cm³/mol. The molecule has 1 aliphatic carbocycles. The average molecular weight is 710 g/mol. The van der Waals surface area contributed by atoms with E-state index < -0.39 is 0 Å². The van der Waals surface area contributed by atoms with Crippen LogP contribution in [0.25, 0.3) is 93.2 Å². The van der Waals surface area contributed by atoms with Crippen molar-refractivity contribution in [1.29, 1.82) is 0 Å². The summed E-state index contributed by atoms with van der Waals surface area (Å²) in [5, 5.41) is 10.3. The number of para-hydroxylation sites is 2. The highest BCUT2D eigenvalue weighted by molar-refractivity contribution is 6.15. The summed E-state index contributed by atoms with van der Waals surface area (Å²) < 4.78 is 2.43. The van der Waals surface area contributed by atoms with E-state index in [1.807, 2.05) is 0 Å². The minimum atomic E-state index is -0.000740. The Hall–Kier alpha value is -7.22. The van der Waals surface area contributed by atoms with E-state index in [-0.39, 0.29) is 5.92 Å². The maximum atomic E-state index is 2.47. The zero-order valence-electron chi connectivity index (χ0n) is 30.7. The van der Waals surface area contributed by atoms with Crippen LogP contribution in [0.4, 0.5) is 0 Å². The van der Waals surface area contributed by atoms with Crippen LogP contribution in [0.1, 0.15) is 22.6 Å². The molecule has 12 rings (SSSR count). The molecule has 1 aliphatic rings. The third-order valence-electron chi connectivity index (χ3n) is 12.2. The van der Waals surface area contributed by atoms with Crippen LogP contribution in [-0.2, 0) is 0 Å². The van der Waals surface area contributed by atoms with Crippen molar-refractivity contribution in [2.75, 3.05) is 0 Å². The molecule has 0 amide bonds. The normalized spacial score (nSPS) is 12.6. The van der Waals surface area contributed by atoms with Crippen LogP contribution in [0, 0.1) is 0 Å². The minimum absolute atomic E-state index is 0.000740. The van der Waals surface area contributed by atoms with Gasteiger partial charge in [0, 0.05) is 22.4 Å². The Labute approximate surface area is 325 Å². The first-order chi connectivity index (χ1) is 27.8. The van der Waals surface area contributed by atoms with E-state index in [4.69, 9.17) is 0 Å². The SMILES string of the molecule is c1ccc(-n2c3ccccc3c3ccc(C(c4cccc(-c5ccc6c(ccc7ccccc76)c5)c4)c4ccc5c(c4)-c4cccc6cccc-5c46)cc32)cc1.